The third-order valence-corrected chi connectivity index (χ3v) is 2.41. The van der Waals surface area contributed by atoms with Crippen molar-refractivity contribution in [3.8, 4) is 11.8 Å². The normalized spacial score (nSPS) is 12.2. The average Bonchev–Trinajstić information content (AvgIpc) is 2.20. The molecule has 0 aromatic heterocycles. The largest absolute Gasteiger partial charge is 0.490 e. The second kappa shape index (κ2) is 4.70. The number of nitriles is 1. The van der Waals surface area contributed by atoms with Gasteiger partial charge in [-0.1, -0.05) is 13.8 Å². The summed E-state index contributed by atoms with van der Waals surface area (Å²) in [6.07, 6.45) is 0.125. The highest BCUT2D eigenvalue weighted by Crippen LogP contribution is 2.21. The molecule has 0 heterocycles. The van der Waals surface area contributed by atoms with E-state index in [4.69, 9.17) is 15.7 Å². The highest BCUT2D eigenvalue weighted by atomic mass is 16.5. The number of ether oxygens (including phenoxy) is 1. The number of anilines is 1. The second-order valence-electron chi connectivity index (χ2n) is 3.93. The minimum Gasteiger partial charge on any atom is -0.490 e. The molecule has 1 atom stereocenters. The molecule has 0 saturated carbocycles. The standard InChI is InChI=1S/C12H16N2O/c1-8(2)9(3)15-11-4-5-12(14)10(6-11)7-13/h4-6,8-9H,14H2,1-3H3. The van der Waals surface area contributed by atoms with Crippen molar-refractivity contribution in [2.75, 3.05) is 5.73 Å². The summed E-state index contributed by atoms with van der Waals surface area (Å²) in [6.45, 7) is 6.19. The molecule has 3 nitrogen and oxygen atoms in total. The van der Waals surface area contributed by atoms with Crippen molar-refractivity contribution >= 4 is 5.69 Å². The van der Waals surface area contributed by atoms with Crippen LogP contribution in [-0.4, -0.2) is 6.10 Å². The van der Waals surface area contributed by atoms with E-state index in [1.165, 1.54) is 0 Å². The zero-order valence-electron chi connectivity index (χ0n) is 9.32. The minimum atomic E-state index is 0.125. The molecule has 0 radical (unpaired) electrons. The Hall–Kier alpha value is -1.69. The first-order valence-corrected chi connectivity index (χ1v) is 5.01. The lowest BCUT2D eigenvalue weighted by Gasteiger charge is -2.18. The molecule has 0 bridgehead atoms. The lowest BCUT2D eigenvalue weighted by atomic mass is 10.1. The Labute approximate surface area is 90.5 Å². The van der Waals surface area contributed by atoms with Gasteiger partial charge in [0.05, 0.1) is 11.7 Å². The number of nitrogen functional groups attached to an aromatic ring is 1. The summed E-state index contributed by atoms with van der Waals surface area (Å²) in [7, 11) is 0. The fourth-order valence-corrected chi connectivity index (χ4v) is 1.06. The summed E-state index contributed by atoms with van der Waals surface area (Å²) < 4.78 is 5.67. The molecule has 3 heteroatoms. The monoisotopic (exact) mass is 204 g/mol. The smallest absolute Gasteiger partial charge is 0.121 e. The van der Waals surface area contributed by atoms with Gasteiger partial charge in [0.1, 0.15) is 11.8 Å². The molecular weight excluding hydrogens is 188 g/mol. The molecule has 1 rings (SSSR count). The SMILES string of the molecule is CC(C)C(C)Oc1ccc(N)c(C#N)c1. The van der Waals surface area contributed by atoms with Crippen LogP contribution in [0.3, 0.4) is 0 Å². The van der Waals surface area contributed by atoms with Gasteiger partial charge in [0.25, 0.3) is 0 Å². The van der Waals surface area contributed by atoms with Gasteiger partial charge in [0, 0.05) is 5.69 Å². The van der Waals surface area contributed by atoms with Crippen LogP contribution in [0.1, 0.15) is 26.3 Å². The van der Waals surface area contributed by atoms with Crippen LogP contribution < -0.4 is 10.5 Å². The summed E-state index contributed by atoms with van der Waals surface area (Å²) in [5.41, 5.74) is 6.56. The van der Waals surface area contributed by atoms with Crippen molar-refractivity contribution in [3.05, 3.63) is 23.8 Å². The molecule has 0 aliphatic heterocycles. The Kier molecular flexibility index (Phi) is 3.56. The Morgan fingerprint density at radius 3 is 2.53 bits per heavy atom. The van der Waals surface area contributed by atoms with Crippen LogP contribution in [0, 0.1) is 17.2 Å². The van der Waals surface area contributed by atoms with E-state index in [0.717, 1.165) is 0 Å². The predicted molar refractivity (Wildman–Crippen MR) is 60.5 cm³/mol. The number of nitrogens with two attached hydrogens (primary N) is 1. The maximum atomic E-state index is 8.80. The fraction of sp³-hybridized carbons (Fsp3) is 0.417. The highest BCUT2D eigenvalue weighted by Gasteiger charge is 2.09. The molecule has 0 fully saturated rings. The second-order valence-corrected chi connectivity index (χ2v) is 3.93. The van der Waals surface area contributed by atoms with Gasteiger partial charge in [-0.25, -0.2) is 0 Å². The minimum absolute atomic E-state index is 0.125. The van der Waals surface area contributed by atoms with E-state index in [2.05, 4.69) is 13.8 Å². The first kappa shape index (κ1) is 11.4. The quantitative estimate of drug-likeness (QED) is 0.770. The maximum Gasteiger partial charge on any atom is 0.121 e. The van der Waals surface area contributed by atoms with Crippen molar-refractivity contribution in [3.63, 3.8) is 0 Å². The molecule has 2 N–H and O–H groups in total. The van der Waals surface area contributed by atoms with Crippen molar-refractivity contribution in [2.24, 2.45) is 5.92 Å². The third kappa shape index (κ3) is 2.88. The summed E-state index contributed by atoms with van der Waals surface area (Å²) in [6, 6.07) is 7.19. The molecule has 0 aliphatic carbocycles. The first-order chi connectivity index (χ1) is 7.04. The zero-order valence-corrected chi connectivity index (χ0v) is 9.32. The number of hydrogen-bond acceptors (Lipinski definition) is 3. The van der Waals surface area contributed by atoms with Crippen LogP contribution in [0.2, 0.25) is 0 Å². The van der Waals surface area contributed by atoms with Crippen LogP contribution in [-0.2, 0) is 0 Å². The van der Waals surface area contributed by atoms with Crippen molar-refractivity contribution < 1.29 is 4.74 Å². The van der Waals surface area contributed by atoms with Gasteiger partial charge in [-0.2, -0.15) is 5.26 Å². The van der Waals surface area contributed by atoms with Crippen LogP contribution >= 0.6 is 0 Å². The number of benzene rings is 1. The average molecular weight is 204 g/mol. The molecule has 0 spiro atoms. The van der Waals surface area contributed by atoms with Gasteiger partial charge < -0.3 is 10.5 Å². The molecular formula is C12H16N2O. The highest BCUT2D eigenvalue weighted by molar-refractivity contribution is 5.56. The van der Waals surface area contributed by atoms with Gasteiger partial charge in [0.2, 0.25) is 0 Å². The Morgan fingerprint density at radius 1 is 1.33 bits per heavy atom. The van der Waals surface area contributed by atoms with Crippen LogP contribution in [0.25, 0.3) is 0 Å². The lowest BCUT2D eigenvalue weighted by Crippen LogP contribution is -2.18. The molecule has 0 amide bonds. The lowest BCUT2D eigenvalue weighted by molar-refractivity contribution is 0.170. The Morgan fingerprint density at radius 2 is 2.00 bits per heavy atom. The van der Waals surface area contributed by atoms with Gasteiger partial charge in [-0.3, -0.25) is 0 Å². The van der Waals surface area contributed by atoms with Gasteiger partial charge in [-0.15, -0.1) is 0 Å². The Bertz CT molecular complexity index is 380. The van der Waals surface area contributed by atoms with E-state index in [-0.39, 0.29) is 6.10 Å². The summed E-state index contributed by atoms with van der Waals surface area (Å²) >= 11 is 0. The first-order valence-electron chi connectivity index (χ1n) is 5.01. The van der Waals surface area contributed by atoms with E-state index in [1.54, 1.807) is 18.2 Å². The number of hydrogen-bond donors (Lipinski definition) is 1. The maximum absolute atomic E-state index is 8.80. The van der Waals surface area contributed by atoms with Crippen molar-refractivity contribution in [1.82, 2.24) is 0 Å². The fourth-order valence-electron chi connectivity index (χ4n) is 1.06. The topological polar surface area (TPSA) is 59.0 Å². The molecule has 15 heavy (non-hydrogen) atoms. The number of rotatable bonds is 3. The summed E-state index contributed by atoms with van der Waals surface area (Å²) in [5, 5.41) is 8.80. The van der Waals surface area contributed by atoms with E-state index in [9.17, 15) is 0 Å². The van der Waals surface area contributed by atoms with Gasteiger partial charge in [0.15, 0.2) is 0 Å². The third-order valence-electron chi connectivity index (χ3n) is 2.41. The van der Waals surface area contributed by atoms with Crippen molar-refractivity contribution in [2.45, 2.75) is 26.9 Å². The van der Waals surface area contributed by atoms with E-state index < -0.39 is 0 Å². The van der Waals surface area contributed by atoms with E-state index in [0.29, 0.717) is 22.9 Å². The van der Waals surface area contributed by atoms with E-state index >= 15 is 0 Å². The van der Waals surface area contributed by atoms with Crippen molar-refractivity contribution in [1.29, 1.82) is 5.26 Å². The molecule has 0 aliphatic rings. The molecule has 1 aromatic rings. The van der Waals surface area contributed by atoms with Crippen LogP contribution in [0.5, 0.6) is 5.75 Å². The number of nitrogens with zero attached hydrogens (tertiary/aromatic N) is 1. The molecule has 0 saturated heterocycles. The Balaban J connectivity index is 2.84. The molecule has 1 aromatic carbocycles. The summed E-state index contributed by atoms with van der Waals surface area (Å²) in [4.78, 5) is 0. The van der Waals surface area contributed by atoms with E-state index in [1.807, 2.05) is 13.0 Å². The molecule has 1 unspecified atom stereocenters. The zero-order chi connectivity index (χ0) is 11.4. The predicted octanol–water partition coefficient (Wildman–Crippen LogP) is 2.56. The van der Waals surface area contributed by atoms with Crippen LogP contribution in [0.15, 0.2) is 18.2 Å². The van der Waals surface area contributed by atoms with Crippen LogP contribution in [0.4, 0.5) is 5.69 Å². The van der Waals surface area contributed by atoms with Gasteiger partial charge in [-0.05, 0) is 31.0 Å². The van der Waals surface area contributed by atoms with Gasteiger partial charge >= 0.3 is 0 Å². The summed E-state index contributed by atoms with van der Waals surface area (Å²) in [5.74, 6) is 1.13. The molecule has 80 valence electrons.